The summed E-state index contributed by atoms with van der Waals surface area (Å²) in [5.41, 5.74) is -0.202. The van der Waals surface area contributed by atoms with E-state index in [-0.39, 0.29) is 17.0 Å². The molecule has 0 bridgehead atoms. The second kappa shape index (κ2) is 3.58. The Hall–Kier alpha value is -2.50. The molecule has 0 saturated heterocycles. The Balaban J connectivity index is 2.69. The van der Waals surface area contributed by atoms with Gasteiger partial charge < -0.3 is 19.9 Å². The molecule has 1 aromatic carbocycles. The average molecular weight is 221 g/mol. The molecule has 0 amide bonds. The van der Waals surface area contributed by atoms with E-state index in [0.29, 0.717) is 5.52 Å². The minimum absolute atomic E-state index is 0.0974. The van der Waals surface area contributed by atoms with Gasteiger partial charge in [0.2, 0.25) is 5.88 Å². The molecule has 0 spiro atoms. The molecule has 0 saturated carbocycles. The van der Waals surface area contributed by atoms with Crippen LogP contribution >= 0.6 is 0 Å². The molecule has 3 N–H and O–H groups in total. The number of nitrogens with one attached hydrogen (secondary N) is 1. The van der Waals surface area contributed by atoms with Gasteiger partial charge in [0.1, 0.15) is 5.75 Å². The van der Waals surface area contributed by atoms with Crippen LogP contribution in [0.1, 0.15) is 0 Å². The van der Waals surface area contributed by atoms with E-state index < -0.39 is 11.6 Å². The van der Waals surface area contributed by atoms with Crippen LogP contribution in [0, 0.1) is 0 Å². The van der Waals surface area contributed by atoms with Crippen LogP contribution in [-0.2, 0) is 0 Å². The zero-order chi connectivity index (χ0) is 11.7. The normalized spacial score (nSPS) is 10.2. The van der Waals surface area contributed by atoms with Gasteiger partial charge in [-0.25, -0.2) is 4.79 Å². The van der Waals surface area contributed by atoms with Crippen molar-refractivity contribution in [2.45, 2.75) is 0 Å². The lowest BCUT2D eigenvalue weighted by Crippen LogP contribution is -2.09. The molecule has 0 aliphatic heterocycles. The molecular formula is C10H7NO5. The molecule has 82 valence electrons. The Bertz CT molecular complexity index is 616. The quantitative estimate of drug-likeness (QED) is 0.630. The Morgan fingerprint density at radius 1 is 1.38 bits per heavy atom. The summed E-state index contributed by atoms with van der Waals surface area (Å²) >= 11 is 0. The van der Waals surface area contributed by atoms with Crippen molar-refractivity contribution in [1.82, 2.24) is 4.98 Å². The van der Waals surface area contributed by atoms with E-state index in [9.17, 15) is 14.7 Å². The highest BCUT2D eigenvalue weighted by atomic mass is 16.7. The number of phenols is 1. The number of rotatable bonds is 1. The van der Waals surface area contributed by atoms with Crippen LogP contribution in [0.3, 0.4) is 0 Å². The van der Waals surface area contributed by atoms with Crippen molar-refractivity contribution in [3.8, 4) is 11.6 Å². The zero-order valence-corrected chi connectivity index (χ0v) is 7.93. The number of fused-ring (bicyclic) bond motifs is 1. The van der Waals surface area contributed by atoms with Crippen LogP contribution in [0.15, 0.2) is 29.1 Å². The third-order valence-electron chi connectivity index (χ3n) is 2.01. The van der Waals surface area contributed by atoms with Crippen molar-refractivity contribution in [2.24, 2.45) is 0 Å². The number of phenolic OH excluding ortho intramolecular Hbond substituents is 1. The summed E-state index contributed by atoms with van der Waals surface area (Å²) in [5.74, 6) is -0.351. The van der Waals surface area contributed by atoms with Crippen molar-refractivity contribution in [3.05, 3.63) is 34.5 Å². The smallest absolute Gasteiger partial charge is 0.507 e. The topological polar surface area (TPSA) is 99.6 Å². The lowest BCUT2D eigenvalue weighted by Gasteiger charge is -2.03. The van der Waals surface area contributed by atoms with Gasteiger partial charge in [-0.1, -0.05) is 6.07 Å². The molecule has 2 rings (SSSR count). The van der Waals surface area contributed by atoms with E-state index in [1.165, 1.54) is 18.2 Å². The highest BCUT2D eigenvalue weighted by Crippen LogP contribution is 2.20. The van der Waals surface area contributed by atoms with Crippen molar-refractivity contribution in [3.63, 3.8) is 0 Å². The molecule has 2 aromatic rings. The Morgan fingerprint density at radius 2 is 2.12 bits per heavy atom. The van der Waals surface area contributed by atoms with Crippen LogP contribution in [0.5, 0.6) is 11.6 Å². The van der Waals surface area contributed by atoms with Crippen molar-refractivity contribution in [1.29, 1.82) is 0 Å². The molecule has 1 aromatic heterocycles. The predicted octanol–water partition coefficient (Wildman–Crippen LogP) is 1.29. The van der Waals surface area contributed by atoms with Gasteiger partial charge in [-0.3, -0.25) is 4.79 Å². The SMILES string of the molecule is O=C(O)Oc1cc(=O)c2c(O)cccc2[nH]1. The molecule has 6 heteroatoms. The number of aromatic nitrogens is 1. The van der Waals surface area contributed by atoms with Gasteiger partial charge in [0.05, 0.1) is 10.9 Å². The first-order valence-corrected chi connectivity index (χ1v) is 4.34. The zero-order valence-electron chi connectivity index (χ0n) is 7.93. The van der Waals surface area contributed by atoms with Crippen LogP contribution in [-0.4, -0.2) is 21.4 Å². The van der Waals surface area contributed by atoms with Gasteiger partial charge in [-0.05, 0) is 12.1 Å². The Morgan fingerprint density at radius 3 is 2.81 bits per heavy atom. The minimum Gasteiger partial charge on any atom is -0.507 e. The fourth-order valence-corrected chi connectivity index (χ4v) is 1.41. The summed E-state index contributed by atoms with van der Waals surface area (Å²) in [6.07, 6.45) is -1.52. The predicted molar refractivity (Wildman–Crippen MR) is 54.9 cm³/mol. The monoisotopic (exact) mass is 221 g/mol. The maximum atomic E-state index is 11.5. The number of ether oxygens (including phenoxy) is 1. The average Bonchev–Trinajstić information content (AvgIpc) is 2.15. The maximum Gasteiger partial charge on any atom is 0.512 e. The van der Waals surface area contributed by atoms with Gasteiger partial charge in [0.25, 0.3) is 0 Å². The van der Waals surface area contributed by atoms with Crippen LogP contribution < -0.4 is 10.2 Å². The van der Waals surface area contributed by atoms with E-state index in [1.54, 1.807) is 0 Å². The molecular weight excluding hydrogens is 214 g/mol. The van der Waals surface area contributed by atoms with Gasteiger partial charge in [-0.15, -0.1) is 0 Å². The molecule has 0 aliphatic carbocycles. The molecule has 0 radical (unpaired) electrons. The number of pyridine rings is 1. The van der Waals surface area contributed by atoms with Gasteiger partial charge in [0, 0.05) is 6.07 Å². The number of aromatic hydroxyl groups is 1. The first kappa shape index (κ1) is 10.0. The first-order chi connectivity index (χ1) is 7.58. The van der Waals surface area contributed by atoms with Crippen LogP contribution in [0.2, 0.25) is 0 Å². The third-order valence-corrected chi connectivity index (χ3v) is 2.01. The first-order valence-electron chi connectivity index (χ1n) is 4.34. The lowest BCUT2D eigenvalue weighted by molar-refractivity contribution is 0.142. The summed E-state index contributed by atoms with van der Waals surface area (Å²) < 4.78 is 4.32. The van der Waals surface area contributed by atoms with Gasteiger partial charge in [-0.2, -0.15) is 0 Å². The number of benzene rings is 1. The lowest BCUT2D eigenvalue weighted by atomic mass is 10.2. The van der Waals surface area contributed by atoms with Crippen molar-refractivity contribution >= 4 is 17.1 Å². The largest absolute Gasteiger partial charge is 0.512 e. The molecule has 0 aliphatic rings. The number of H-pyrrole nitrogens is 1. The van der Waals surface area contributed by atoms with E-state index >= 15 is 0 Å². The number of hydrogen-bond donors (Lipinski definition) is 3. The van der Waals surface area contributed by atoms with E-state index in [1.807, 2.05) is 0 Å². The second-order valence-electron chi connectivity index (χ2n) is 3.07. The second-order valence-corrected chi connectivity index (χ2v) is 3.07. The molecule has 0 unspecified atom stereocenters. The van der Waals surface area contributed by atoms with E-state index in [4.69, 9.17) is 5.11 Å². The standard InChI is InChI=1S/C10H7NO5/c12-6-3-1-2-5-9(6)7(13)4-8(11-5)16-10(14)15/h1-4,12H,(H,11,13)(H,14,15). The number of carbonyl (C=O) groups is 1. The number of carboxylic acid groups (broad SMARTS) is 1. The summed E-state index contributed by atoms with van der Waals surface area (Å²) in [5, 5.41) is 17.9. The van der Waals surface area contributed by atoms with Gasteiger partial charge >= 0.3 is 6.16 Å². The summed E-state index contributed by atoms with van der Waals surface area (Å²) in [4.78, 5) is 24.4. The Labute approximate surface area is 88.7 Å². The van der Waals surface area contributed by atoms with Crippen molar-refractivity contribution in [2.75, 3.05) is 0 Å². The number of hydrogen-bond acceptors (Lipinski definition) is 4. The molecule has 0 fully saturated rings. The minimum atomic E-state index is -1.52. The Kier molecular flexibility index (Phi) is 2.24. The highest BCUT2D eigenvalue weighted by Gasteiger charge is 2.08. The molecule has 6 nitrogen and oxygen atoms in total. The number of aromatic amines is 1. The summed E-state index contributed by atoms with van der Waals surface area (Å²) in [6.45, 7) is 0. The fourth-order valence-electron chi connectivity index (χ4n) is 1.41. The summed E-state index contributed by atoms with van der Waals surface area (Å²) in [6, 6.07) is 5.40. The fraction of sp³-hybridized carbons (Fsp3) is 0. The van der Waals surface area contributed by atoms with Crippen LogP contribution in [0.4, 0.5) is 4.79 Å². The maximum absolute atomic E-state index is 11.5. The van der Waals surface area contributed by atoms with Crippen LogP contribution in [0.25, 0.3) is 10.9 Å². The summed E-state index contributed by atoms with van der Waals surface area (Å²) in [7, 11) is 0. The molecule has 0 atom stereocenters. The molecule has 1 heterocycles. The van der Waals surface area contributed by atoms with E-state index in [0.717, 1.165) is 6.07 Å². The van der Waals surface area contributed by atoms with E-state index in [2.05, 4.69) is 9.72 Å². The molecule has 16 heavy (non-hydrogen) atoms. The van der Waals surface area contributed by atoms with Gasteiger partial charge in [0.15, 0.2) is 5.43 Å². The highest BCUT2D eigenvalue weighted by molar-refractivity contribution is 5.85. The third kappa shape index (κ3) is 1.68. The van der Waals surface area contributed by atoms with Crippen molar-refractivity contribution < 1.29 is 19.7 Å².